The number of hydrogen-bond donors (Lipinski definition) is 0. The molecule has 0 atom stereocenters. The molecule has 0 N–H and O–H groups in total. The van der Waals surface area contributed by atoms with E-state index in [0.717, 1.165) is 144 Å². The van der Waals surface area contributed by atoms with E-state index in [9.17, 15) is 0 Å². The molecular weight excluding hydrogens is 440 g/mol. The van der Waals surface area contributed by atoms with Crippen molar-refractivity contribution < 1.29 is 37.9 Å². The molecule has 0 rings (SSSR count). The van der Waals surface area contributed by atoms with Crippen LogP contribution in [0.15, 0.2) is 0 Å². The van der Waals surface area contributed by atoms with Crippen molar-refractivity contribution in [3.8, 4) is 0 Å². The van der Waals surface area contributed by atoms with Gasteiger partial charge in [0.1, 0.15) is 0 Å². The van der Waals surface area contributed by atoms with Crippen molar-refractivity contribution >= 4 is 0 Å². The van der Waals surface area contributed by atoms with Gasteiger partial charge in [0, 0.05) is 107 Å². The summed E-state index contributed by atoms with van der Waals surface area (Å²) in [7, 11) is 3.42. The molecule has 0 aromatic heterocycles. The van der Waals surface area contributed by atoms with Gasteiger partial charge in [-0.25, -0.2) is 0 Å². The van der Waals surface area contributed by atoms with Gasteiger partial charge < -0.3 is 37.9 Å². The Morgan fingerprint density at radius 1 is 0.235 bits per heavy atom. The summed E-state index contributed by atoms with van der Waals surface area (Å²) >= 11 is 0. The second-order valence-corrected chi connectivity index (χ2v) is 8.20. The average molecular weight is 495 g/mol. The molecule has 0 heterocycles. The third kappa shape index (κ3) is 31.7. The first-order valence-corrected chi connectivity index (χ1v) is 13.4. The molecule has 0 spiro atoms. The maximum atomic E-state index is 5.67. The average Bonchev–Trinajstić information content (AvgIpc) is 2.85. The Kier molecular flexibility index (Phi) is 32.4. The minimum atomic E-state index is 0.755. The van der Waals surface area contributed by atoms with E-state index in [1.54, 1.807) is 14.2 Å². The predicted octanol–water partition coefficient (Wildman–Crippen LogP) is 4.28. The molecule has 34 heavy (non-hydrogen) atoms. The Hall–Kier alpha value is -0.320. The first-order chi connectivity index (χ1) is 16.9. The zero-order chi connectivity index (χ0) is 24.6. The van der Waals surface area contributed by atoms with Crippen LogP contribution in [-0.4, -0.2) is 107 Å². The molecule has 0 amide bonds. The van der Waals surface area contributed by atoms with Crippen LogP contribution in [0.1, 0.15) is 64.2 Å². The molecule has 0 aromatic rings. The third-order valence-electron chi connectivity index (χ3n) is 4.91. The third-order valence-corrected chi connectivity index (χ3v) is 4.91. The van der Waals surface area contributed by atoms with Crippen LogP contribution < -0.4 is 0 Å². The van der Waals surface area contributed by atoms with Crippen LogP contribution in [0.5, 0.6) is 0 Å². The van der Waals surface area contributed by atoms with Gasteiger partial charge in [0.2, 0.25) is 0 Å². The highest BCUT2D eigenvalue weighted by molar-refractivity contribution is 4.45. The normalized spacial score (nSPS) is 11.5. The topological polar surface area (TPSA) is 73.8 Å². The van der Waals surface area contributed by atoms with E-state index in [1.807, 2.05) is 0 Å². The molecule has 0 fully saturated rings. The second-order valence-electron chi connectivity index (χ2n) is 8.20. The second kappa shape index (κ2) is 32.7. The van der Waals surface area contributed by atoms with Crippen molar-refractivity contribution in [2.45, 2.75) is 64.2 Å². The molecule has 0 saturated carbocycles. The number of unbranched alkanes of at least 4 members (excludes halogenated alkanes) is 3. The molecule has 0 saturated heterocycles. The molecule has 0 aliphatic carbocycles. The summed E-state index contributed by atoms with van der Waals surface area (Å²) in [6.07, 6.45) is 10.3. The van der Waals surface area contributed by atoms with Crippen LogP contribution in [0, 0.1) is 0 Å². The largest absolute Gasteiger partial charge is 0.385 e. The van der Waals surface area contributed by atoms with Crippen LogP contribution in [0.4, 0.5) is 0 Å². The van der Waals surface area contributed by atoms with Gasteiger partial charge in [-0.1, -0.05) is 12.8 Å². The van der Waals surface area contributed by atoms with E-state index in [-0.39, 0.29) is 0 Å². The van der Waals surface area contributed by atoms with Gasteiger partial charge in [-0.15, -0.1) is 0 Å². The van der Waals surface area contributed by atoms with E-state index in [1.165, 1.54) is 12.8 Å². The van der Waals surface area contributed by atoms with Gasteiger partial charge in [-0.2, -0.15) is 0 Å². The molecule has 0 aliphatic heterocycles. The Morgan fingerprint density at radius 3 is 0.676 bits per heavy atom. The van der Waals surface area contributed by atoms with Crippen molar-refractivity contribution in [1.82, 2.24) is 0 Å². The lowest BCUT2D eigenvalue weighted by Crippen LogP contribution is -2.06. The summed E-state index contributed by atoms with van der Waals surface area (Å²) in [6.45, 7) is 10.8. The van der Waals surface area contributed by atoms with Gasteiger partial charge in [-0.3, -0.25) is 0 Å². The molecule has 0 aromatic carbocycles. The van der Waals surface area contributed by atoms with E-state index < -0.39 is 0 Å². The summed E-state index contributed by atoms with van der Waals surface area (Å²) < 4.78 is 43.4. The van der Waals surface area contributed by atoms with Crippen LogP contribution in [-0.2, 0) is 37.9 Å². The molecule has 0 aliphatic rings. The zero-order valence-corrected chi connectivity index (χ0v) is 22.2. The fourth-order valence-electron chi connectivity index (χ4n) is 3.04. The number of hydrogen-bond acceptors (Lipinski definition) is 8. The number of methoxy groups -OCH3 is 2. The summed E-state index contributed by atoms with van der Waals surface area (Å²) in [6, 6.07) is 0. The summed E-state index contributed by atoms with van der Waals surface area (Å²) in [5.74, 6) is 0. The fourth-order valence-corrected chi connectivity index (χ4v) is 3.04. The molecule has 206 valence electrons. The minimum absolute atomic E-state index is 0.755. The van der Waals surface area contributed by atoms with Crippen molar-refractivity contribution in [3.63, 3.8) is 0 Å². The van der Waals surface area contributed by atoms with Gasteiger partial charge in [0.15, 0.2) is 0 Å². The molecule has 8 nitrogen and oxygen atoms in total. The number of ether oxygens (including phenoxy) is 8. The Labute approximate surface area is 209 Å². The van der Waals surface area contributed by atoms with Crippen molar-refractivity contribution in [3.05, 3.63) is 0 Å². The Bertz CT molecular complexity index is 315. The van der Waals surface area contributed by atoms with Crippen LogP contribution in [0.25, 0.3) is 0 Å². The predicted molar refractivity (Wildman–Crippen MR) is 135 cm³/mol. The van der Waals surface area contributed by atoms with Crippen molar-refractivity contribution in [2.24, 2.45) is 0 Å². The molecule has 0 radical (unpaired) electrons. The number of rotatable bonds is 31. The molecular formula is C26H54O8. The maximum absolute atomic E-state index is 5.67. The van der Waals surface area contributed by atoms with Crippen LogP contribution in [0.3, 0.4) is 0 Å². The van der Waals surface area contributed by atoms with Crippen LogP contribution >= 0.6 is 0 Å². The van der Waals surface area contributed by atoms with E-state index in [2.05, 4.69) is 0 Å². The lowest BCUT2D eigenvalue weighted by molar-refractivity contribution is 0.0560. The van der Waals surface area contributed by atoms with Crippen molar-refractivity contribution in [1.29, 1.82) is 0 Å². The Morgan fingerprint density at radius 2 is 0.441 bits per heavy atom. The van der Waals surface area contributed by atoms with Gasteiger partial charge in [0.05, 0.1) is 0 Å². The minimum Gasteiger partial charge on any atom is -0.385 e. The first kappa shape index (κ1) is 33.7. The van der Waals surface area contributed by atoms with E-state index >= 15 is 0 Å². The first-order valence-electron chi connectivity index (χ1n) is 13.4. The van der Waals surface area contributed by atoms with Gasteiger partial charge in [0.25, 0.3) is 0 Å². The molecule has 0 bridgehead atoms. The maximum Gasteiger partial charge on any atom is 0.0488 e. The Balaban J connectivity index is 2.99. The summed E-state index contributed by atoms with van der Waals surface area (Å²) in [4.78, 5) is 0. The highest BCUT2D eigenvalue weighted by atomic mass is 16.5. The quantitative estimate of drug-likeness (QED) is 0.132. The summed E-state index contributed by atoms with van der Waals surface area (Å²) in [5, 5.41) is 0. The smallest absolute Gasteiger partial charge is 0.0488 e. The van der Waals surface area contributed by atoms with E-state index in [0.29, 0.717) is 0 Å². The van der Waals surface area contributed by atoms with Gasteiger partial charge in [-0.05, 0) is 51.4 Å². The monoisotopic (exact) mass is 494 g/mol. The van der Waals surface area contributed by atoms with Gasteiger partial charge >= 0.3 is 0 Å². The highest BCUT2D eigenvalue weighted by Gasteiger charge is 1.96. The highest BCUT2D eigenvalue weighted by Crippen LogP contribution is 2.01. The lowest BCUT2D eigenvalue weighted by Gasteiger charge is -2.07. The van der Waals surface area contributed by atoms with E-state index in [4.69, 9.17) is 37.9 Å². The lowest BCUT2D eigenvalue weighted by atomic mass is 10.2. The zero-order valence-electron chi connectivity index (χ0n) is 22.2. The standard InChI is InChI=1S/C26H54O8/c1-27-13-7-17-31-21-11-25-33-23-9-19-29-15-5-3-4-6-16-30-20-10-24-34-26-12-22-32-18-8-14-28-2/h3-26H2,1-2H3. The van der Waals surface area contributed by atoms with Crippen LogP contribution in [0.2, 0.25) is 0 Å². The molecule has 8 heteroatoms. The SMILES string of the molecule is COCCCOCCCOCCCOCCCCCCOCCCOCCCOCCCOC. The van der Waals surface area contributed by atoms with Crippen molar-refractivity contribution in [2.75, 3.05) is 107 Å². The fraction of sp³-hybridized carbons (Fsp3) is 1.00. The summed E-state index contributed by atoms with van der Waals surface area (Å²) in [5.41, 5.74) is 0. The molecule has 0 unspecified atom stereocenters.